The van der Waals surface area contributed by atoms with E-state index in [1.807, 2.05) is 7.05 Å². The Morgan fingerprint density at radius 3 is 2.52 bits per heavy atom. The molecule has 21 heavy (non-hydrogen) atoms. The number of nitrogens with one attached hydrogen (secondary N) is 2. The molecule has 0 aromatic heterocycles. The van der Waals surface area contributed by atoms with Crippen LogP contribution in [0.3, 0.4) is 0 Å². The lowest BCUT2D eigenvalue weighted by Crippen LogP contribution is -2.53. The molecule has 1 fully saturated rings. The molecule has 0 amide bonds. The highest BCUT2D eigenvalue weighted by Gasteiger charge is 2.24. The topological polar surface area (TPSA) is 48.9 Å². The fourth-order valence-electron chi connectivity index (χ4n) is 3.02. The molecule has 0 aromatic rings. The van der Waals surface area contributed by atoms with E-state index in [-0.39, 0.29) is 0 Å². The van der Waals surface area contributed by atoms with Crippen LogP contribution in [0, 0.1) is 5.92 Å². The van der Waals surface area contributed by atoms with Crippen molar-refractivity contribution in [2.75, 3.05) is 39.9 Å². The fraction of sp³-hybridized carbons (Fsp3) is 0.812. The van der Waals surface area contributed by atoms with Gasteiger partial charge in [-0.2, -0.15) is 0 Å². The van der Waals surface area contributed by atoms with Crippen LogP contribution < -0.4 is 10.6 Å². The van der Waals surface area contributed by atoms with Gasteiger partial charge in [-0.25, -0.2) is 0 Å². The number of rotatable bonds is 5. The number of nitrogens with zero attached hydrogens (tertiary/aromatic N) is 2. The monoisotopic (exact) mass is 294 g/mol. The Bertz CT molecular complexity index is 353. The van der Waals surface area contributed by atoms with Gasteiger partial charge in [-0.1, -0.05) is 26.0 Å². The Balaban J connectivity index is 1.81. The quantitative estimate of drug-likeness (QED) is 0.455. The average Bonchev–Trinajstić information content (AvgIpc) is 3.00. The van der Waals surface area contributed by atoms with Crippen LogP contribution in [0.15, 0.2) is 17.1 Å². The largest absolute Gasteiger partial charge is 0.379 e. The maximum absolute atomic E-state index is 5.46. The number of morpholine rings is 1. The van der Waals surface area contributed by atoms with Crippen molar-refractivity contribution in [1.29, 1.82) is 0 Å². The third kappa shape index (κ3) is 5.00. The summed E-state index contributed by atoms with van der Waals surface area (Å²) < 4.78 is 5.46. The maximum atomic E-state index is 5.46. The van der Waals surface area contributed by atoms with Gasteiger partial charge in [0.2, 0.25) is 0 Å². The summed E-state index contributed by atoms with van der Waals surface area (Å²) in [6.45, 7) is 9.27. The van der Waals surface area contributed by atoms with Crippen LogP contribution in [-0.4, -0.2) is 62.8 Å². The number of guanidine groups is 1. The van der Waals surface area contributed by atoms with Gasteiger partial charge in [0.05, 0.1) is 13.2 Å². The van der Waals surface area contributed by atoms with E-state index >= 15 is 0 Å². The number of aliphatic imine (C=N–C) groups is 1. The van der Waals surface area contributed by atoms with Crippen LogP contribution in [-0.2, 0) is 4.74 Å². The molecule has 2 aliphatic rings. The van der Waals surface area contributed by atoms with Gasteiger partial charge in [0.15, 0.2) is 5.96 Å². The molecule has 1 unspecified atom stereocenters. The number of hydrogen-bond donors (Lipinski definition) is 2. The van der Waals surface area contributed by atoms with Gasteiger partial charge in [-0.05, 0) is 18.8 Å². The van der Waals surface area contributed by atoms with Gasteiger partial charge in [-0.15, -0.1) is 0 Å². The van der Waals surface area contributed by atoms with Crippen LogP contribution >= 0.6 is 0 Å². The van der Waals surface area contributed by atoms with Crippen LogP contribution in [0.2, 0.25) is 0 Å². The first kappa shape index (κ1) is 16.3. The molecule has 5 nitrogen and oxygen atoms in total. The molecule has 0 spiro atoms. The summed E-state index contributed by atoms with van der Waals surface area (Å²) in [5, 5.41) is 7.00. The molecular weight excluding hydrogens is 264 g/mol. The van der Waals surface area contributed by atoms with E-state index in [1.165, 1.54) is 0 Å². The molecule has 0 bridgehead atoms. The minimum absolute atomic E-state index is 0.497. The molecule has 1 atom stereocenters. The van der Waals surface area contributed by atoms with Crippen LogP contribution in [0.1, 0.15) is 26.7 Å². The highest BCUT2D eigenvalue weighted by molar-refractivity contribution is 5.80. The maximum Gasteiger partial charge on any atom is 0.191 e. The van der Waals surface area contributed by atoms with Crippen molar-refractivity contribution in [3.8, 4) is 0 Å². The van der Waals surface area contributed by atoms with Gasteiger partial charge in [-0.3, -0.25) is 9.89 Å². The number of ether oxygens (including phenoxy) is 1. The standard InChI is InChI=1S/C16H30N4O/c1-13(2)15(20-8-10-21-11-9-20)12-18-16(17-3)19-14-6-4-5-7-14/h4-5,13-15H,6-12H2,1-3H3,(H2,17,18,19). The van der Waals surface area contributed by atoms with Crippen LogP contribution in [0.5, 0.6) is 0 Å². The summed E-state index contributed by atoms with van der Waals surface area (Å²) in [6.07, 6.45) is 6.65. The highest BCUT2D eigenvalue weighted by atomic mass is 16.5. The minimum atomic E-state index is 0.497. The van der Waals surface area contributed by atoms with Crippen molar-refractivity contribution in [2.45, 2.75) is 38.8 Å². The Morgan fingerprint density at radius 2 is 1.95 bits per heavy atom. The molecular formula is C16H30N4O. The Morgan fingerprint density at radius 1 is 1.29 bits per heavy atom. The van der Waals surface area contributed by atoms with Crippen molar-refractivity contribution in [1.82, 2.24) is 15.5 Å². The van der Waals surface area contributed by atoms with Crippen molar-refractivity contribution in [3.63, 3.8) is 0 Å². The smallest absolute Gasteiger partial charge is 0.191 e. The van der Waals surface area contributed by atoms with Crippen LogP contribution in [0.4, 0.5) is 0 Å². The number of hydrogen-bond acceptors (Lipinski definition) is 3. The first-order valence-electron chi connectivity index (χ1n) is 8.14. The average molecular weight is 294 g/mol. The predicted octanol–water partition coefficient (Wildman–Crippen LogP) is 1.23. The third-order valence-electron chi connectivity index (χ3n) is 4.34. The van der Waals surface area contributed by atoms with Crippen molar-refractivity contribution in [3.05, 3.63) is 12.2 Å². The van der Waals surface area contributed by atoms with Gasteiger partial charge in [0.25, 0.3) is 0 Å². The normalized spacial score (nSPS) is 22.8. The second kappa shape index (κ2) is 8.39. The molecule has 0 aromatic carbocycles. The van der Waals surface area contributed by atoms with E-state index < -0.39 is 0 Å². The SMILES string of the molecule is CN=C(NCC(C(C)C)N1CCOCC1)NC1CC=CC1. The molecule has 120 valence electrons. The van der Waals surface area contributed by atoms with E-state index in [9.17, 15) is 0 Å². The van der Waals surface area contributed by atoms with E-state index in [0.29, 0.717) is 18.0 Å². The Labute approximate surface area is 128 Å². The lowest BCUT2D eigenvalue weighted by Gasteiger charge is -2.37. The molecule has 2 N–H and O–H groups in total. The third-order valence-corrected chi connectivity index (χ3v) is 4.34. The van der Waals surface area contributed by atoms with E-state index in [2.05, 4.69) is 46.5 Å². The summed E-state index contributed by atoms with van der Waals surface area (Å²) in [4.78, 5) is 6.88. The minimum Gasteiger partial charge on any atom is -0.379 e. The van der Waals surface area contributed by atoms with E-state index in [1.54, 1.807) is 0 Å². The summed E-state index contributed by atoms with van der Waals surface area (Å²) >= 11 is 0. The Hall–Kier alpha value is -1.07. The fourth-order valence-corrected chi connectivity index (χ4v) is 3.02. The van der Waals surface area contributed by atoms with E-state index in [0.717, 1.165) is 51.6 Å². The predicted molar refractivity (Wildman–Crippen MR) is 87.7 cm³/mol. The molecule has 1 heterocycles. The zero-order valence-electron chi connectivity index (χ0n) is 13.6. The van der Waals surface area contributed by atoms with Gasteiger partial charge in [0, 0.05) is 38.8 Å². The van der Waals surface area contributed by atoms with Crippen LogP contribution in [0.25, 0.3) is 0 Å². The molecule has 5 heteroatoms. The molecule has 2 rings (SSSR count). The second-order valence-electron chi connectivity index (χ2n) is 6.20. The zero-order valence-corrected chi connectivity index (χ0v) is 13.6. The first-order chi connectivity index (χ1) is 10.2. The van der Waals surface area contributed by atoms with Gasteiger partial charge < -0.3 is 15.4 Å². The van der Waals surface area contributed by atoms with E-state index in [4.69, 9.17) is 4.74 Å². The lowest BCUT2D eigenvalue weighted by molar-refractivity contribution is 0.00751. The summed E-state index contributed by atoms with van der Waals surface area (Å²) in [5.41, 5.74) is 0. The molecule has 1 aliphatic heterocycles. The molecule has 1 saturated heterocycles. The van der Waals surface area contributed by atoms with Gasteiger partial charge in [0.1, 0.15) is 0 Å². The zero-order chi connectivity index (χ0) is 15.1. The molecule has 0 radical (unpaired) electrons. The highest BCUT2D eigenvalue weighted by Crippen LogP contribution is 2.12. The molecule has 0 saturated carbocycles. The Kier molecular flexibility index (Phi) is 6.51. The van der Waals surface area contributed by atoms with Gasteiger partial charge >= 0.3 is 0 Å². The molecule has 1 aliphatic carbocycles. The second-order valence-corrected chi connectivity index (χ2v) is 6.20. The lowest BCUT2D eigenvalue weighted by atomic mass is 10.0. The first-order valence-corrected chi connectivity index (χ1v) is 8.14. The van der Waals surface area contributed by atoms with Crippen molar-refractivity contribution in [2.24, 2.45) is 10.9 Å². The summed E-state index contributed by atoms with van der Waals surface area (Å²) in [5.74, 6) is 1.53. The summed E-state index contributed by atoms with van der Waals surface area (Å²) in [7, 11) is 1.84. The van der Waals surface area contributed by atoms with Crippen molar-refractivity contribution < 1.29 is 4.74 Å². The summed E-state index contributed by atoms with van der Waals surface area (Å²) in [6, 6.07) is 1.02. The van der Waals surface area contributed by atoms with Crippen molar-refractivity contribution >= 4 is 5.96 Å².